The Labute approximate surface area is 135 Å². The molecule has 0 unspecified atom stereocenters. The third kappa shape index (κ3) is 4.34. The second-order valence-electron chi connectivity index (χ2n) is 7.27. The fourth-order valence-electron chi connectivity index (χ4n) is 3.52. The van der Waals surface area contributed by atoms with E-state index in [4.69, 9.17) is 4.74 Å². The molecule has 1 saturated heterocycles. The summed E-state index contributed by atoms with van der Waals surface area (Å²) < 4.78 is 5.48. The van der Waals surface area contributed by atoms with E-state index >= 15 is 0 Å². The molecule has 22 heavy (non-hydrogen) atoms. The number of esters is 1. The number of carbonyl (C=O) groups excluding carboxylic acids is 1. The van der Waals surface area contributed by atoms with E-state index in [1.54, 1.807) is 0 Å². The Bertz CT molecular complexity index is 470. The highest BCUT2D eigenvalue weighted by molar-refractivity contribution is 5.75. The third-order valence-electron chi connectivity index (χ3n) is 4.96. The van der Waals surface area contributed by atoms with Crippen molar-refractivity contribution in [3.8, 4) is 0 Å². The average molecular weight is 302 g/mol. The molecule has 2 heteroatoms. The third-order valence-corrected chi connectivity index (χ3v) is 4.96. The van der Waals surface area contributed by atoms with Gasteiger partial charge in [0.25, 0.3) is 0 Å². The molecule has 0 aromatic heterocycles. The van der Waals surface area contributed by atoms with E-state index in [9.17, 15) is 4.79 Å². The molecule has 0 spiro atoms. The molecule has 1 aliphatic carbocycles. The number of cyclic esters (lactones) is 1. The van der Waals surface area contributed by atoms with Crippen molar-refractivity contribution >= 4 is 5.97 Å². The largest absolute Gasteiger partial charge is 0.465 e. The normalized spacial score (nSPS) is 32.7. The van der Waals surface area contributed by atoms with Crippen molar-refractivity contribution in [1.82, 2.24) is 0 Å². The van der Waals surface area contributed by atoms with E-state index in [0.29, 0.717) is 24.4 Å². The fraction of sp³-hybridized carbons (Fsp3) is 0.650. The molecular formula is C20H30O2. The molecule has 0 N–H and O–H groups in total. The lowest BCUT2D eigenvalue weighted by Crippen LogP contribution is -2.39. The van der Waals surface area contributed by atoms with Crippen LogP contribution in [0.25, 0.3) is 0 Å². The van der Waals surface area contributed by atoms with Crippen LogP contribution in [0.2, 0.25) is 0 Å². The Morgan fingerprint density at radius 1 is 1.41 bits per heavy atom. The molecular weight excluding hydrogens is 272 g/mol. The van der Waals surface area contributed by atoms with E-state index in [1.165, 1.54) is 11.1 Å². The Morgan fingerprint density at radius 2 is 2.18 bits per heavy atom. The molecule has 2 aliphatic rings. The minimum Gasteiger partial charge on any atom is -0.465 e. The van der Waals surface area contributed by atoms with Crippen LogP contribution < -0.4 is 0 Å². The second kappa shape index (κ2) is 7.80. The van der Waals surface area contributed by atoms with Crippen LogP contribution in [0, 0.1) is 23.7 Å². The SMILES string of the molecule is C=C1CC/C=C(\C)CC[C@@H]2[C@H](/C=C/CC(C)C)C(=O)OC[C@@H]12. The first-order valence-corrected chi connectivity index (χ1v) is 8.65. The van der Waals surface area contributed by atoms with E-state index in [-0.39, 0.29) is 11.9 Å². The van der Waals surface area contributed by atoms with E-state index < -0.39 is 0 Å². The van der Waals surface area contributed by atoms with Gasteiger partial charge in [-0.1, -0.05) is 49.8 Å². The lowest BCUT2D eigenvalue weighted by molar-refractivity contribution is -0.157. The molecule has 2 nitrogen and oxygen atoms in total. The zero-order chi connectivity index (χ0) is 16.1. The molecule has 0 radical (unpaired) electrons. The first-order valence-electron chi connectivity index (χ1n) is 8.65. The Hall–Kier alpha value is -1.31. The van der Waals surface area contributed by atoms with Crippen molar-refractivity contribution in [2.45, 2.75) is 52.9 Å². The van der Waals surface area contributed by atoms with Crippen LogP contribution in [-0.2, 0) is 9.53 Å². The Balaban J connectivity index is 2.19. The van der Waals surface area contributed by atoms with Crippen LogP contribution in [0.1, 0.15) is 52.9 Å². The molecule has 122 valence electrons. The summed E-state index contributed by atoms with van der Waals surface area (Å²) in [6.45, 7) is 11.4. The summed E-state index contributed by atoms with van der Waals surface area (Å²) in [7, 11) is 0. The Kier molecular flexibility index (Phi) is 6.05. The summed E-state index contributed by atoms with van der Waals surface area (Å²) >= 11 is 0. The van der Waals surface area contributed by atoms with Crippen molar-refractivity contribution in [2.24, 2.45) is 23.7 Å². The van der Waals surface area contributed by atoms with Crippen molar-refractivity contribution in [1.29, 1.82) is 0 Å². The molecule has 2 rings (SSSR count). The lowest BCUT2D eigenvalue weighted by atomic mass is 9.73. The molecule has 0 bridgehead atoms. The maximum absolute atomic E-state index is 12.3. The smallest absolute Gasteiger partial charge is 0.313 e. The van der Waals surface area contributed by atoms with E-state index in [1.807, 2.05) is 0 Å². The topological polar surface area (TPSA) is 26.3 Å². The van der Waals surface area contributed by atoms with Gasteiger partial charge in [0.05, 0.1) is 12.5 Å². The van der Waals surface area contributed by atoms with Gasteiger partial charge in [-0.2, -0.15) is 0 Å². The van der Waals surface area contributed by atoms with Gasteiger partial charge in [-0.3, -0.25) is 4.79 Å². The molecule has 1 heterocycles. The van der Waals surface area contributed by atoms with Crippen molar-refractivity contribution < 1.29 is 9.53 Å². The summed E-state index contributed by atoms with van der Waals surface area (Å²) in [4.78, 5) is 12.3. The number of hydrogen-bond donors (Lipinski definition) is 0. The average Bonchev–Trinajstić information content (AvgIpc) is 2.52. The standard InChI is InChI=1S/C20H30O2/c1-14(2)7-5-10-18-17-12-11-15(3)8-6-9-16(4)19(17)13-22-20(18)21/h5,8,10,14,17-19H,4,6-7,9,11-13H2,1-3H3/b10-5+,15-8+/t17-,18+,19+/m1/s1. The molecule has 3 atom stereocenters. The molecule has 1 aliphatic heterocycles. The zero-order valence-corrected chi connectivity index (χ0v) is 14.3. The summed E-state index contributed by atoms with van der Waals surface area (Å²) in [5, 5.41) is 0. The molecule has 0 amide bonds. The summed E-state index contributed by atoms with van der Waals surface area (Å²) in [5.41, 5.74) is 2.70. The van der Waals surface area contributed by atoms with Crippen LogP contribution in [0.3, 0.4) is 0 Å². The van der Waals surface area contributed by atoms with Crippen LogP contribution >= 0.6 is 0 Å². The lowest BCUT2D eigenvalue weighted by Gasteiger charge is -2.36. The van der Waals surface area contributed by atoms with Crippen LogP contribution in [0.5, 0.6) is 0 Å². The van der Waals surface area contributed by atoms with Gasteiger partial charge in [0, 0.05) is 5.92 Å². The maximum atomic E-state index is 12.3. The van der Waals surface area contributed by atoms with Crippen LogP contribution in [0.4, 0.5) is 0 Å². The van der Waals surface area contributed by atoms with Gasteiger partial charge in [0.15, 0.2) is 0 Å². The minimum absolute atomic E-state index is 0.0464. The quantitative estimate of drug-likeness (QED) is 0.537. The van der Waals surface area contributed by atoms with Gasteiger partial charge < -0.3 is 4.74 Å². The van der Waals surface area contributed by atoms with Crippen molar-refractivity contribution in [3.63, 3.8) is 0 Å². The van der Waals surface area contributed by atoms with Crippen molar-refractivity contribution in [3.05, 3.63) is 36.0 Å². The zero-order valence-electron chi connectivity index (χ0n) is 14.3. The maximum Gasteiger partial charge on any atom is 0.313 e. The van der Waals surface area contributed by atoms with E-state index in [0.717, 1.165) is 32.1 Å². The predicted molar refractivity (Wildman–Crippen MR) is 91.4 cm³/mol. The number of ether oxygens (including phenoxy) is 1. The highest BCUT2D eigenvalue weighted by atomic mass is 16.5. The minimum atomic E-state index is -0.0971. The number of rotatable bonds is 3. The number of hydrogen-bond acceptors (Lipinski definition) is 2. The predicted octanol–water partition coefficient (Wildman–Crippen LogP) is 5.07. The second-order valence-corrected chi connectivity index (χ2v) is 7.27. The molecule has 1 fully saturated rings. The molecule has 0 aromatic rings. The van der Waals surface area contributed by atoms with Gasteiger partial charge in [-0.25, -0.2) is 0 Å². The molecule has 0 saturated carbocycles. The van der Waals surface area contributed by atoms with Gasteiger partial charge in [-0.15, -0.1) is 0 Å². The highest BCUT2D eigenvalue weighted by Gasteiger charge is 2.39. The first kappa shape index (κ1) is 17.1. The van der Waals surface area contributed by atoms with Crippen LogP contribution in [-0.4, -0.2) is 12.6 Å². The monoisotopic (exact) mass is 302 g/mol. The summed E-state index contributed by atoms with van der Waals surface area (Å²) in [6, 6.07) is 0. The number of fused-ring (bicyclic) bond motifs is 1. The van der Waals surface area contributed by atoms with Crippen LogP contribution in [0.15, 0.2) is 36.0 Å². The van der Waals surface area contributed by atoms with Gasteiger partial charge >= 0.3 is 5.97 Å². The molecule has 0 aromatic carbocycles. The Morgan fingerprint density at radius 3 is 2.91 bits per heavy atom. The fourth-order valence-corrected chi connectivity index (χ4v) is 3.52. The number of carbonyl (C=O) groups is 1. The van der Waals surface area contributed by atoms with Crippen molar-refractivity contribution in [2.75, 3.05) is 6.61 Å². The van der Waals surface area contributed by atoms with Gasteiger partial charge in [-0.05, 0) is 50.9 Å². The first-order chi connectivity index (χ1) is 10.5. The van der Waals surface area contributed by atoms with Gasteiger partial charge in [0.1, 0.15) is 0 Å². The summed E-state index contributed by atoms with van der Waals surface area (Å²) in [5.74, 6) is 1.15. The number of allylic oxidation sites excluding steroid dienone is 3. The van der Waals surface area contributed by atoms with Gasteiger partial charge in [0.2, 0.25) is 0 Å². The van der Waals surface area contributed by atoms with E-state index in [2.05, 4.69) is 45.6 Å². The summed E-state index contributed by atoms with van der Waals surface area (Å²) in [6.07, 6.45) is 11.8. The highest BCUT2D eigenvalue weighted by Crippen LogP contribution is 2.39.